The minimum atomic E-state index is -1.17. The van der Waals surface area contributed by atoms with Crippen molar-refractivity contribution in [3.8, 4) is 0 Å². The Bertz CT molecular complexity index is 1390. The fourth-order valence-corrected chi connectivity index (χ4v) is 4.14. The van der Waals surface area contributed by atoms with Crippen molar-refractivity contribution in [2.24, 2.45) is 11.5 Å². The van der Waals surface area contributed by atoms with Crippen molar-refractivity contribution in [3.05, 3.63) is 95.6 Å². The second-order valence-electron chi connectivity index (χ2n) is 8.29. The summed E-state index contributed by atoms with van der Waals surface area (Å²) in [5.74, 6) is 0.680. The van der Waals surface area contributed by atoms with E-state index >= 15 is 0 Å². The minimum absolute atomic E-state index is 0. The first-order valence-electron chi connectivity index (χ1n) is 11.3. The molecule has 0 amide bonds. The number of aromatic nitrogens is 3. The quantitative estimate of drug-likeness (QED) is 0.146. The molecule has 0 saturated carbocycles. The van der Waals surface area contributed by atoms with Crippen LogP contribution in [0, 0.1) is 5.41 Å². The van der Waals surface area contributed by atoms with Gasteiger partial charge in [-0.3, -0.25) is 15.3 Å². The second kappa shape index (κ2) is 14.0. The monoisotopic (exact) mass is 575 g/mol. The van der Waals surface area contributed by atoms with Crippen LogP contribution in [0.25, 0.3) is 23.1 Å². The lowest BCUT2D eigenvalue weighted by molar-refractivity contribution is 0.00888. The van der Waals surface area contributed by atoms with Gasteiger partial charge in [-0.25, -0.2) is 9.97 Å². The molecule has 0 aliphatic rings. The van der Waals surface area contributed by atoms with E-state index in [-0.39, 0.29) is 49.2 Å². The molecule has 4 rings (SSSR count). The molecule has 2 aromatic carbocycles. The molecular formula is C27H32Cl3N7O. The zero-order chi connectivity index (χ0) is 25.0. The summed E-state index contributed by atoms with van der Waals surface area (Å²) in [4.78, 5) is 15.4. The number of hydrogen-bond donors (Lipinski definition) is 3. The fraction of sp³-hybridized carbons (Fsp3) is 0.185. The van der Waals surface area contributed by atoms with Crippen molar-refractivity contribution in [2.75, 3.05) is 12.0 Å². The zero-order valence-electron chi connectivity index (χ0n) is 21.2. The van der Waals surface area contributed by atoms with E-state index in [0.29, 0.717) is 17.2 Å². The molecule has 5 N–H and O–H groups in total. The summed E-state index contributed by atoms with van der Waals surface area (Å²) in [7, 11) is 1.58. The molecule has 0 fully saturated rings. The first-order valence-corrected chi connectivity index (χ1v) is 11.3. The molecule has 11 heteroatoms. The van der Waals surface area contributed by atoms with Gasteiger partial charge in [0.25, 0.3) is 0 Å². The molecule has 0 saturated heterocycles. The number of nitrogens with zero attached hydrogens (tertiary/aromatic N) is 4. The molecule has 2 heterocycles. The van der Waals surface area contributed by atoms with Gasteiger partial charge in [0, 0.05) is 30.3 Å². The Morgan fingerprint density at radius 2 is 1.63 bits per heavy atom. The number of anilines is 1. The Labute approximate surface area is 241 Å². The Balaban J connectivity index is 0.00000241. The van der Waals surface area contributed by atoms with Gasteiger partial charge in [-0.2, -0.15) is 0 Å². The van der Waals surface area contributed by atoms with Crippen LogP contribution in [0.3, 0.4) is 0 Å². The van der Waals surface area contributed by atoms with Crippen molar-refractivity contribution in [1.29, 1.82) is 5.41 Å². The van der Waals surface area contributed by atoms with E-state index in [1.54, 1.807) is 24.3 Å². The highest BCUT2D eigenvalue weighted by molar-refractivity contribution is 6.02. The highest BCUT2D eigenvalue weighted by atomic mass is 35.5. The number of fused-ring (bicyclic) bond motifs is 1. The Kier molecular flexibility index (Phi) is 12.1. The lowest BCUT2D eigenvalue weighted by Gasteiger charge is -2.41. The molecule has 38 heavy (non-hydrogen) atoms. The van der Waals surface area contributed by atoms with Crippen molar-refractivity contribution >= 4 is 72.1 Å². The molecule has 0 radical (unpaired) electrons. The predicted octanol–water partition coefficient (Wildman–Crippen LogP) is 5.70. The van der Waals surface area contributed by atoms with Gasteiger partial charge in [-0.1, -0.05) is 42.5 Å². The maximum atomic E-state index is 8.56. The molecule has 2 atom stereocenters. The van der Waals surface area contributed by atoms with Crippen LogP contribution in [0.15, 0.2) is 72.9 Å². The Hall–Kier alpha value is -3.27. The van der Waals surface area contributed by atoms with E-state index < -0.39 is 5.72 Å². The molecule has 202 valence electrons. The standard InChI is InChI=1S/C27H29N7O.3ClH/c1-18(28)20-11-4-6-13-22(20)27(2,35-3)34(26(29)30)25-21-12-5-7-14-23(21)32-24(33-25)16-15-19-10-8-9-17-31-19;;;/h4-18H,28H2,1-3H3,(H3,29,30);3*1H/b16-15+;;;. The fourth-order valence-electron chi connectivity index (χ4n) is 4.14. The van der Waals surface area contributed by atoms with Crippen LogP contribution in [-0.2, 0) is 10.5 Å². The van der Waals surface area contributed by atoms with Crippen molar-refractivity contribution in [3.63, 3.8) is 0 Å². The third-order valence-electron chi connectivity index (χ3n) is 5.92. The number of nitrogens with one attached hydrogen (secondary N) is 1. The van der Waals surface area contributed by atoms with E-state index in [4.69, 9.17) is 31.6 Å². The maximum Gasteiger partial charge on any atom is 0.196 e. The largest absolute Gasteiger partial charge is 0.370 e. The van der Waals surface area contributed by atoms with Gasteiger partial charge in [0.15, 0.2) is 17.5 Å². The minimum Gasteiger partial charge on any atom is -0.370 e. The average molecular weight is 577 g/mol. The highest BCUT2D eigenvalue weighted by Crippen LogP contribution is 2.38. The number of methoxy groups -OCH3 is 1. The highest BCUT2D eigenvalue weighted by Gasteiger charge is 2.40. The van der Waals surface area contributed by atoms with E-state index in [1.807, 2.05) is 86.7 Å². The normalized spacial score (nSPS) is 12.9. The molecule has 2 unspecified atom stereocenters. The van der Waals surface area contributed by atoms with Crippen LogP contribution in [0.2, 0.25) is 0 Å². The van der Waals surface area contributed by atoms with Gasteiger partial charge < -0.3 is 16.2 Å². The van der Waals surface area contributed by atoms with Crippen molar-refractivity contribution < 1.29 is 4.74 Å². The summed E-state index contributed by atoms with van der Waals surface area (Å²) >= 11 is 0. The SMILES string of the molecule is COC(C)(c1ccccc1C(C)N)N(C(=N)N)c1nc(/C=C/c2ccccn2)nc2ccccc12.Cl.Cl.Cl. The number of pyridine rings is 1. The average Bonchev–Trinajstić information content (AvgIpc) is 2.87. The molecule has 0 bridgehead atoms. The van der Waals surface area contributed by atoms with Gasteiger partial charge in [0.05, 0.1) is 11.2 Å². The topological polar surface area (TPSA) is 127 Å². The number of ether oxygens (including phenoxy) is 1. The number of benzene rings is 2. The first-order chi connectivity index (χ1) is 16.8. The van der Waals surface area contributed by atoms with Crippen LogP contribution < -0.4 is 16.4 Å². The number of rotatable bonds is 7. The van der Waals surface area contributed by atoms with E-state index in [2.05, 4.69) is 4.98 Å². The van der Waals surface area contributed by atoms with Crippen LogP contribution in [-0.4, -0.2) is 28.0 Å². The summed E-state index contributed by atoms with van der Waals surface area (Å²) in [6.07, 6.45) is 5.35. The van der Waals surface area contributed by atoms with E-state index in [9.17, 15) is 0 Å². The molecule has 0 aliphatic carbocycles. The Morgan fingerprint density at radius 1 is 0.974 bits per heavy atom. The molecular weight excluding hydrogens is 545 g/mol. The van der Waals surface area contributed by atoms with E-state index in [0.717, 1.165) is 22.2 Å². The summed E-state index contributed by atoms with van der Waals surface area (Å²) in [5, 5.41) is 9.30. The van der Waals surface area contributed by atoms with Gasteiger partial charge in [0.1, 0.15) is 5.82 Å². The van der Waals surface area contributed by atoms with Crippen LogP contribution >= 0.6 is 37.2 Å². The summed E-state index contributed by atoms with van der Waals surface area (Å²) in [6, 6.07) is 20.7. The first kappa shape index (κ1) is 32.8. The number of nitrogens with two attached hydrogens (primary N) is 2. The van der Waals surface area contributed by atoms with Crippen LogP contribution in [0.5, 0.6) is 0 Å². The molecule has 0 aliphatic heterocycles. The summed E-state index contributed by atoms with van der Waals surface area (Å²) in [5.41, 5.74) is 14.5. The third-order valence-corrected chi connectivity index (χ3v) is 5.92. The number of hydrogen-bond acceptors (Lipinski definition) is 6. The molecule has 2 aromatic heterocycles. The lowest BCUT2D eigenvalue weighted by Crippen LogP contribution is -2.53. The van der Waals surface area contributed by atoms with Crippen LogP contribution in [0.4, 0.5) is 5.82 Å². The van der Waals surface area contributed by atoms with Gasteiger partial charge in [-0.05, 0) is 55.8 Å². The van der Waals surface area contributed by atoms with Crippen molar-refractivity contribution in [1.82, 2.24) is 15.0 Å². The number of halogens is 3. The van der Waals surface area contributed by atoms with Crippen molar-refractivity contribution in [2.45, 2.75) is 25.6 Å². The Morgan fingerprint density at radius 3 is 2.26 bits per heavy atom. The number of para-hydroxylation sites is 1. The summed E-state index contributed by atoms with van der Waals surface area (Å²) in [6.45, 7) is 3.77. The predicted molar refractivity (Wildman–Crippen MR) is 162 cm³/mol. The van der Waals surface area contributed by atoms with Crippen LogP contribution in [0.1, 0.15) is 42.5 Å². The zero-order valence-corrected chi connectivity index (χ0v) is 23.7. The van der Waals surface area contributed by atoms with Gasteiger partial charge >= 0.3 is 0 Å². The lowest BCUT2D eigenvalue weighted by atomic mass is 9.93. The molecule has 0 spiro atoms. The third kappa shape index (κ3) is 6.59. The molecule has 8 nitrogen and oxygen atoms in total. The van der Waals surface area contributed by atoms with Gasteiger partial charge in [-0.15, -0.1) is 37.2 Å². The van der Waals surface area contributed by atoms with Gasteiger partial charge in [0.2, 0.25) is 0 Å². The molecule has 4 aromatic rings. The summed E-state index contributed by atoms with van der Waals surface area (Å²) < 4.78 is 6.07. The van der Waals surface area contributed by atoms with E-state index in [1.165, 1.54) is 0 Å². The second-order valence-corrected chi connectivity index (χ2v) is 8.29. The number of guanidine groups is 1. The maximum absolute atomic E-state index is 8.56. The smallest absolute Gasteiger partial charge is 0.196 e.